The molecule has 0 aliphatic heterocycles. The Kier molecular flexibility index (Phi) is 6.43. The Morgan fingerprint density at radius 1 is 1.21 bits per heavy atom. The summed E-state index contributed by atoms with van der Waals surface area (Å²) in [6, 6.07) is 6.85. The molecule has 0 aliphatic rings. The maximum atomic E-state index is 11.3. The van der Waals surface area contributed by atoms with Gasteiger partial charge >= 0.3 is 5.97 Å². The number of amides is 1. The van der Waals surface area contributed by atoms with Crippen LogP contribution in [0.25, 0.3) is 0 Å². The summed E-state index contributed by atoms with van der Waals surface area (Å²) in [5.74, 6) is 0.339. The normalized spacial score (nSPS) is 9.79. The van der Waals surface area contributed by atoms with Gasteiger partial charge in [-0.15, -0.1) is 0 Å². The standard InChI is InChI=1S/C14H19NO4/c1-3-18-13(16)5-4-10-19-12-8-6-11(7-9-12)14(17)15-2/h6-9H,3-5,10H2,1-2H3,(H,15,17). The summed E-state index contributed by atoms with van der Waals surface area (Å²) < 4.78 is 10.3. The van der Waals surface area contributed by atoms with Crippen LogP contribution in [-0.4, -0.2) is 32.1 Å². The number of rotatable bonds is 7. The summed E-state index contributed by atoms with van der Waals surface area (Å²) in [6.45, 7) is 2.63. The lowest BCUT2D eigenvalue weighted by atomic mass is 10.2. The van der Waals surface area contributed by atoms with E-state index >= 15 is 0 Å². The molecule has 0 fully saturated rings. The van der Waals surface area contributed by atoms with Crippen molar-refractivity contribution in [3.63, 3.8) is 0 Å². The highest BCUT2D eigenvalue weighted by Crippen LogP contribution is 2.12. The quantitative estimate of drug-likeness (QED) is 0.603. The van der Waals surface area contributed by atoms with Crippen LogP contribution in [0.4, 0.5) is 0 Å². The fourth-order valence-electron chi connectivity index (χ4n) is 1.49. The highest BCUT2D eigenvalue weighted by molar-refractivity contribution is 5.94. The van der Waals surface area contributed by atoms with Crippen molar-refractivity contribution in [2.75, 3.05) is 20.3 Å². The second-order valence-electron chi connectivity index (χ2n) is 3.86. The second kappa shape index (κ2) is 8.13. The minimum Gasteiger partial charge on any atom is -0.494 e. The number of carbonyl (C=O) groups is 2. The first-order valence-electron chi connectivity index (χ1n) is 6.28. The van der Waals surface area contributed by atoms with Gasteiger partial charge in [-0.3, -0.25) is 9.59 Å². The van der Waals surface area contributed by atoms with Crippen molar-refractivity contribution in [1.82, 2.24) is 5.32 Å². The van der Waals surface area contributed by atoms with Gasteiger partial charge in [0.25, 0.3) is 5.91 Å². The zero-order chi connectivity index (χ0) is 14.1. The van der Waals surface area contributed by atoms with E-state index in [0.717, 1.165) is 0 Å². The molecule has 0 bridgehead atoms. The Balaban J connectivity index is 2.30. The summed E-state index contributed by atoms with van der Waals surface area (Å²) in [6.07, 6.45) is 0.959. The lowest BCUT2D eigenvalue weighted by molar-refractivity contribution is -0.143. The molecule has 0 radical (unpaired) electrons. The number of hydrogen-bond acceptors (Lipinski definition) is 4. The van der Waals surface area contributed by atoms with Gasteiger partial charge < -0.3 is 14.8 Å². The van der Waals surface area contributed by atoms with E-state index in [-0.39, 0.29) is 11.9 Å². The smallest absolute Gasteiger partial charge is 0.305 e. The van der Waals surface area contributed by atoms with Crippen LogP contribution < -0.4 is 10.1 Å². The minimum absolute atomic E-state index is 0.131. The van der Waals surface area contributed by atoms with Crippen LogP contribution >= 0.6 is 0 Å². The summed E-state index contributed by atoms with van der Waals surface area (Å²) in [7, 11) is 1.59. The third-order valence-corrected chi connectivity index (χ3v) is 2.44. The number of ether oxygens (including phenoxy) is 2. The second-order valence-corrected chi connectivity index (χ2v) is 3.86. The van der Waals surface area contributed by atoms with Crippen LogP contribution in [0.5, 0.6) is 5.75 Å². The zero-order valence-electron chi connectivity index (χ0n) is 11.3. The topological polar surface area (TPSA) is 64.6 Å². The van der Waals surface area contributed by atoms with E-state index in [1.54, 1.807) is 38.2 Å². The van der Waals surface area contributed by atoms with Gasteiger partial charge in [-0.2, -0.15) is 0 Å². The van der Waals surface area contributed by atoms with E-state index < -0.39 is 0 Å². The average Bonchev–Trinajstić information content (AvgIpc) is 2.44. The largest absolute Gasteiger partial charge is 0.494 e. The molecule has 0 saturated carbocycles. The predicted molar refractivity (Wildman–Crippen MR) is 71.2 cm³/mol. The molecule has 1 aromatic rings. The molecular weight excluding hydrogens is 246 g/mol. The summed E-state index contributed by atoms with van der Waals surface area (Å²) >= 11 is 0. The van der Waals surface area contributed by atoms with Gasteiger partial charge in [-0.25, -0.2) is 0 Å². The first kappa shape index (κ1) is 15.0. The average molecular weight is 265 g/mol. The monoisotopic (exact) mass is 265 g/mol. The first-order chi connectivity index (χ1) is 9.17. The van der Waals surface area contributed by atoms with E-state index in [9.17, 15) is 9.59 Å². The Morgan fingerprint density at radius 2 is 1.89 bits per heavy atom. The highest BCUT2D eigenvalue weighted by Gasteiger charge is 2.04. The SMILES string of the molecule is CCOC(=O)CCCOc1ccc(C(=O)NC)cc1. The molecule has 5 nitrogen and oxygen atoms in total. The Hall–Kier alpha value is -2.04. The van der Waals surface area contributed by atoms with Crippen LogP contribution in [0, 0.1) is 0 Å². The summed E-state index contributed by atoms with van der Waals surface area (Å²) in [5.41, 5.74) is 0.585. The Morgan fingerprint density at radius 3 is 2.47 bits per heavy atom. The number of nitrogens with one attached hydrogen (secondary N) is 1. The Labute approximate surface area is 112 Å². The fraction of sp³-hybridized carbons (Fsp3) is 0.429. The van der Waals surface area contributed by atoms with Crippen molar-refractivity contribution in [1.29, 1.82) is 0 Å². The zero-order valence-corrected chi connectivity index (χ0v) is 11.3. The maximum Gasteiger partial charge on any atom is 0.305 e. The molecule has 1 amide bonds. The molecule has 0 aliphatic carbocycles. The van der Waals surface area contributed by atoms with Crippen LogP contribution in [0.15, 0.2) is 24.3 Å². The molecule has 0 aromatic heterocycles. The van der Waals surface area contributed by atoms with Gasteiger partial charge in [0.15, 0.2) is 0 Å². The van der Waals surface area contributed by atoms with Gasteiger partial charge in [0.2, 0.25) is 0 Å². The predicted octanol–water partition coefficient (Wildman–Crippen LogP) is 1.77. The van der Waals surface area contributed by atoms with Gasteiger partial charge in [-0.05, 0) is 37.6 Å². The highest BCUT2D eigenvalue weighted by atomic mass is 16.5. The van der Waals surface area contributed by atoms with Crippen LogP contribution in [0.1, 0.15) is 30.1 Å². The van der Waals surface area contributed by atoms with Crippen molar-refractivity contribution in [3.8, 4) is 5.75 Å². The van der Waals surface area contributed by atoms with Gasteiger partial charge in [0.1, 0.15) is 5.75 Å². The molecule has 19 heavy (non-hydrogen) atoms. The Bertz CT molecular complexity index is 414. The van der Waals surface area contributed by atoms with Crippen LogP contribution in [0.2, 0.25) is 0 Å². The third kappa shape index (κ3) is 5.42. The maximum absolute atomic E-state index is 11.3. The summed E-state index contributed by atoms with van der Waals surface area (Å²) in [4.78, 5) is 22.4. The molecule has 1 N–H and O–H groups in total. The molecule has 0 heterocycles. The molecule has 0 unspecified atom stereocenters. The third-order valence-electron chi connectivity index (χ3n) is 2.44. The lowest BCUT2D eigenvalue weighted by Gasteiger charge is -2.06. The van der Waals surface area contributed by atoms with E-state index in [2.05, 4.69) is 5.32 Å². The molecule has 5 heteroatoms. The van der Waals surface area contributed by atoms with Crippen LogP contribution in [0.3, 0.4) is 0 Å². The van der Waals surface area contributed by atoms with Crippen molar-refractivity contribution < 1.29 is 19.1 Å². The number of hydrogen-bond donors (Lipinski definition) is 1. The molecular formula is C14H19NO4. The molecule has 0 atom stereocenters. The first-order valence-corrected chi connectivity index (χ1v) is 6.28. The van der Waals surface area contributed by atoms with Crippen molar-refractivity contribution in [3.05, 3.63) is 29.8 Å². The van der Waals surface area contributed by atoms with Gasteiger partial charge in [-0.1, -0.05) is 0 Å². The summed E-state index contributed by atoms with van der Waals surface area (Å²) in [5, 5.41) is 2.55. The molecule has 104 valence electrons. The minimum atomic E-state index is -0.207. The van der Waals surface area contributed by atoms with E-state index in [1.807, 2.05) is 0 Å². The molecule has 1 rings (SSSR count). The van der Waals surface area contributed by atoms with Gasteiger partial charge in [0.05, 0.1) is 13.2 Å². The van der Waals surface area contributed by atoms with E-state index in [1.165, 1.54) is 0 Å². The lowest BCUT2D eigenvalue weighted by Crippen LogP contribution is -2.17. The van der Waals surface area contributed by atoms with Crippen molar-refractivity contribution in [2.45, 2.75) is 19.8 Å². The number of carbonyl (C=O) groups excluding carboxylic acids is 2. The molecule has 0 saturated heterocycles. The fourth-order valence-corrected chi connectivity index (χ4v) is 1.49. The van der Waals surface area contributed by atoms with Gasteiger partial charge in [0, 0.05) is 19.0 Å². The van der Waals surface area contributed by atoms with Crippen molar-refractivity contribution in [2.24, 2.45) is 0 Å². The molecule has 0 spiro atoms. The number of esters is 1. The number of benzene rings is 1. The van der Waals surface area contributed by atoms with Crippen molar-refractivity contribution >= 4 is 11.9 Å². The van der Waals surface area contributed by atoms with E-state index in [0.29, 0.717) is 37.4 Å². The van der Waals surface area contributed by atoms with E-state index in [4.69, 9.17) is 9.47 Å². The molecule has 1 aromatic carbocycles. The van der Waals surface area contributed by atoms with Crippen LogP contribution in [-0.2, 0) is 9.53 Å².